The van der Waals surface area contributed by atoms with Gasteiger partial charge < -0.3 is 19.7 Å². The molecule has 1 rings (SSSR count). The van der Waals surface area contributed by atoms with Crippen LogP contribution in [0.3, 0.4) is 0 Å². The summed E-state index contributed by atoms with van der Waals surface area (Å²) in [6, 6.07) is 5.09. The summed E-state index contributed by atoms with van der Waals surface area (Å²) in [5.41, 5.74) is 0.178. The van der Waals surface area contributed by atoms with Gasteiger partial charge in [0, 0.05) is 46.0 Å². The molecule has 9 nitrogen and oxygen atoms in total. The molecule has 182 valence electrons. The molecule has 1 aromatic rings. The zero-order chi connectivity index (χ0) is 24.3. The fourth-order valence-electron chi connectivity index (χ4n) is 3.18. The van der Waals surface area contributed by atoms with E-state index in [-0.39, 0.29) is 22.3 Å². The van der Waals surface area contributed by atoms with E-state index in [1.807, 2.05) is 13.8 Å². The van der Waals surface area contributed by atoms with Gasteiger partial charge in [-0.2, -0.15) is 4.31 Å². The highest BCUT2D eigenvalue weighted by Gasteiger charge is 2.29. The quantitative estimate of drug-likeness (QED) is 0.442. The van der Waals surface area contributed by atoms with E-state index in [0.717, 1.165) is 0 Å². The number of rotatable bonds is 14. The van der Waals surface area contributed by atoms with E-state index >= 15 is 0 Å². The van der Waals surface area contributed by atoms with Crippen molar-refractivity contribution >= 4 is 21.8 Å². The molecular formula is C22H37N3O6S. The Morgan fingerprint density at radius 2 is 1.59 bits per heavy atom. The summed E-state index contributed by atoms with van der Waals surface area (Å²) < 4.78 is 37.1. The smallest absolute Gasteiger partial charge is 0.251 e. The van der Waals surface area contributed by atoms with E-state index in [9.17, 15) is 18.0 Å². The standard InChI is InChI=1S/C22H37N3O6S/c1-7-25(8-2)32(28,29)19-11-9-10-18(16-19)21(26)23-20(17(3)4)22(27)24(12-14-30-5)13-15-31-6/h9-11,16-17,20H,7-8,12-15H2,1-6H3,(H,23,26)/t20-/m0/s1. The summed E-state index contributed by atoms with van der Waals surface area (Å²) in [6.45, 7) is 9.33. The van der Waals surface area contributed by atoms with Crippen molar-refractivity contribution in [3.63, 3.8) is 0 Å². The minimum absolute atomic E-state index is 0.0445. The maximum Gasteiger partial charge on any atom is 0.251 e. The van der Waals surface area contributed by atoms with Gasteiger partial charge in [-0.25, -0.2) is 8.42 Å². The number of amides is 2. The van der Waals surface area contributed by atoms with Crippen molar-refractivity contribution in [2.75, 3.05) is 53.6 Å². The van der Waals surface area contributed by atoms with Crippen molar-refractivity contribution in [3.8, 4) is 0 Å². The highest BCUT2D eigenvalue weighted by Crippen LogP contribution is 2.17. The van der Waals surface area contributed by atoms with Crippen LogP contribution in [0, 0.1) is 5.92 Å². The molecule has 0 saturated heterocycles. The van der Waals surface area contributed by atoms with Crippen LogP contribution in [-0.2, 0) is 24.3 Å². The lowest BCUT2D eigenvalue weighted by Gasteiger charge is -2.29. The first-order chi connectivity index (χ1) is 15.1. The first-order valence-corrected chi connectivity index (χ1v) is 12.3. The van der Waals surface area contributed by atoms with Crippen LogP contribution in [0.5, 0.6) is 0 Å². The molecule has 0 unspecified atom stereocenters. The van der Waals surface area contributed by atoms with Gasteiger partial charge in [0.1, 0.15) is 6.04 Å². The number of sulfonamides is 1. The first kappa shape index (κ1) is 28.0. The Balaban J connectivity index is 3.12. The third-order valence-electron chi connectivity index (χ3n) is 5.10. The number of nitrogens with one attached hydrogen (secondary N) is 1. The lowest BCUT2D eigenvalue weighted by atomic mass is 10.0. The minimum Gasteiger partial charge on any atom is -0.383 e. The molecule has 1 N–H and O–H groups in total. The van der Waals surface area contributed by atoms with Crippen LogP contribution < -0.4 is 5.32 Å². The Bertz CT molecular complexity index is 832. The molecule has 32 heavy (non-hydrogen) atoms. The molecule has 0 saturated carbocycles. The summed E-state index contributed by atoms with van der Waals surface area (Å²) in [5, 5.41) is 2.78. The van der Waals surface area contributed by atoms with Gasteiger partial charge in [0.05, 0.1) is 18.1 Å². The summed E-state index contributed by atoms with van der Waals surface area (Å²) in [5.74, 6) is -0.928. The molecule has 0 aromatic heterocycles. The molecule has 0 aliphatic rings. The molecule has 10 heteroatoms. The molecule has 0 fully saturated rings. The van der Waals surface area contributed by atoms with Gasteiger partial charge in [0.15, 0.2) is 0 Å². The molecule has 0 radical (unpaired) electrons. The monoisotopic (exact) mass is 471 g/mol. The Labute approximate surface area is 192 Å². The minimum atomic E-state index is -3.70. The largest absolute Gasteiger partial charge is 0.383 e. The van der Waals surface area contributed by atoms with Gasteiger partial charge in [-0.3, -0.25) is 9.59 Å². The molecule has 0 heterocycles. The van der Waals surface area contributed by atoms with Crippen LogP contribution in [-0.4, -0.2) is 89.1 Å². The average molecular weight is 472 g/mol. The van der Waals surface area contributed by atoms with Gasteiger partial charge in [-0.05, 0) is 24.1 Å². The summed E-state index contributed by atoms with van der Waals surface area (Å²) in [7, 11) is -0.591. The van der Waals surface area contributed by atoms with Crippen molar-refractivity contribution < 1.29 is 27.5 Å². The van der Waals surface area contributed by atoms with Crippen LogP contribution in [0.2, 0.25) is 0 Å². The SMILES string of the molecule is CCN(CC)S(=O)(=O)c1cccc(C(=O)N[C@H](C(=O)N(CCOC)CCOC)C(C)C)c1. The summed E-state index contributed by atoms with van der Waals surface area (Å²) in [6.07, 6.45) is 0. The van der Waals surface area contributed by atoms with E-state index in [2.05, 4.69) is 5.32 Å². The number of hydrogen-bond donors (Lipinski definition) is 1. The Morgan fingerprint density at radius 3 is 2.06 bits per heavy atom. The number of benzene rings is 1. The maximum atomic E-state index is 13.2. The van der Waals surface area contributed by atoms with Crippen LogP contribution in [0.4, 0.5) is 0 Å². The Hall–Kier alpha value is -2.01. The van der Waals surface area contributed by atoms with E-state index < -0.39 is 22.0 Å². The van der Waals surface area contributed by atoms with Crippen molar-refractivity contribution in [3.05, 3.63) is 29.8 Å². The number of hydrogen-bond acceptors (Lipinski definition) is 6. The number of ether oxygens (including phenoxy) is 2. The highest BCUT2D eigenvalue weighted by atomic mass is 32.2. The maximum absolute atomic E-state index is 13.2. The second-order valence-corrected chi connectivity index (χ2v) is 9.56. The van der Waals surface area contributed by atoms with E-state index in [4.69, 9.17) is 9.47 Å². The van der Waals surface area contributed by atoms with Crippen molar-refractivity contribution in [1.29, 1.82) is 0 Å². The summed E-state index contributed by atoms with van der Waals surface area (Å²) in [4.78, 5) is 27.8. The molecule has 0 aliphatic carbocycles. The molecule has 0 bridgehead atoms. The average Bonchev–Trinajstić information content (AvgIpc) is 2.77. The number of nitrogens with zero attached hydrogens (tertiary/aromatic N) is 2. The lowest BCUT2D eigenvalue weighted by molar-refractivity contribution is -0.135. The zero-order valence-corrected chi connectivity index (χ0v) is 20.8. The van der Waals surface area contributed by atoms with Gasteiger partial charge in [0.2, 0.25) is 15.9 Å². The molecule has 2 amide bonds. The van der Waals surface area contributed by atoms with Crippen molar-refractivity contribution in [2.45, 2.75) is 38.6 Å². The van der Waals surface area contributed by atoms with Crippen molar-refractivity contribution in [1.82, 2.24) is 14.5 Å². The number of carbonyl (C=O) groups is 2. The van der Waals surface area contributed by atoms with E-state index in [1.54, 1.807) is 33.0 Å². The Morgan fingerprint density at radius 1 is 1.03 bits per heavy atom. The van der Waals surface area contributed by atoms with E-state index in [1.165, 1.54) is 28.6 Å². The molecule has 0 aliphatic heterocycles. The third kappa shape index (κ3) is 7.54. The van der Waals surface area contributed by atoms with E-state index in [0.29, 0.717) is 39.4 Å². The first-order valence-electron chi connectivity index (χ1n) is 10.8. The third-order valence-corrected chi connectivity index (χ3v) is 7.15. The Kier molecular flexibility index (Phi) is 11.8. The predicted molar refractivity (Wildman–Crippen MR) is 123 cm³/mol. The number of carbonyl (C=O) groups excluding carboxylic acids is 2. The van der Waals surface area contributed by atoms with Crippen molar-refractivity contribution in [2.24, 2.45) is 5.92 Å². The second kappa shape index (κ2) is 13.5. The fourth-order valence-corrected chi connectivity index (χ4v) is 4.68. The van der Waals surface area contributed by atoms with Crippen LogP contribution >= 0.6 is 0 Å². The van der Waals surface area contributed by atoms with Crippen LogP contribution in [0.15, 0.2) is 29.2 Å². The van der Waals surface area contributed by atoms with Gasteiger partial charge in [-0.15, -0.1) is 0 Å². The number of methoxy groups -OCH3 is 2. The summed E-state index contributed by atoms with van der Waals surface area (Å²) >= 11 is 0. The lowest BCUT2D eigenvalue weighted by Crippen LogP contribution is -2.52. The van der Waals surface area contributed by atoms with Crippen LogP contribution in [0.1, 0.15) is 38.1 Å². The predicted octanol–water partition coefficient (Wildman–Crippen LogP) is 1.59. The molecule has 1 atom stereocenters. The van der Waals surface area contributed by atoms with Gasteiger partial charge >= 0.3 is 0 Å². The van der Waals surface area contributed by atoms with Gasteiger partial charge in [-0.1, -0.05) is 33.8 Å². The molecule has 1 aromatic carbocycles. The second-order valence-electron chi connectivity index (χ2n) is 7.62. The highest BCUT2D eigenvalue weighted by molar-refractivity contribution is 7.89. The zero-order valence-electron chi connectivity index (χ0n) is 20.0. The molecular weight excluding hydrogens is 434 g/mol. The van der Waals surface area contributed by atoms with Gasteiger partial charge in [0.25, 0.3) is 5.91 Å². The topological polar surface area (TPSA) is 105 Å². The normalized spacial score (nSPS) is 12.8. The molecule has 0 spiro atoms. The fraction of sp³-hybridized carbons (Fsp3) is 0.636. The van der Waals surface area contributed by atoms with Crippen LogP contribution in [0.25, 0.3) is 0 Å².